The van der Waals surface area contributed by atoms with Crippen LogP contribution in [0, 0.1) is 18.2 Å². The third kappa shape index (κ3) is 5.43. The summed E-state index contributed by atoms with van der Waals surface area (Å²) in [6.45, 7) is -0.379. The van der Waals surface area contributed by atoms with Crippen molar-refractivity contribution in [3.8, 4) is 23.8 Å². The van der Waals surface area contributed by atoms with Crippen LogP contribution in [0.4, 0.5) is 14.9 Å². The summed E-state index contributed by atoms with van der Waals surface area (Å²) in [7, 11) is 1.44. The number of nitrogens with one attached hydrogen (secondary N) is 1. The van der Waals surface area contributed by atoms with Gasteiger partial charge in [0, 0.05) is 5.69 Å². The Labute approximate surface area is 182 Å². The first-order valence-corrected chi connectivity index (χ1v) is 9.78. The molecule has 0 saturated carbocycles. The van der Waals surface area contributed by atoms with Gasteiger partial charge >= 0.3 is 0 Å². The Bertz CT molecular complexity index is 1090. The molecule has 0 radical (unpaired) electrons. The Hall–Kier alpha value is -3.77. The fraction of sp³-hybridized carbons (Fsp3) is 0.136. The van der Waals surface area contributed by atoms with Gasteiger partial charge in [0.05, 0.1) is 18.6 Å². The molecular formula is C22H17FN2O5S. The number of amides is 3. The van der Waals surface area contributed by atoms with Crippen molar-refractivity contribution < 1.29 is 28.2 Å². The largest absolute Gasteiger partial charge is 0.493 e. The summed E-state index contributed by atoms with van der Waals surface area (Å²) in [5.41, 5.74) is 1.04. The van der Waals surface area contributed by atoms with Gasteiger partial charge in [-0.05, 0) is 59.8 Å². The molecule has 3 rings (SSSR count). The van der Waals surface area contributed by atoms with Crippen LogP contribution in [0.15, 0.2) is 47.4 Å². The Morgan fingerprint density at radius 3 is 2.65 bits per heavy atom. The Morgan fingerprint density at radius 1 is 1.23 bits per heavy atom. The van der Waals surface area contributed by atoms with Crippen LogP contribution in [0.5, 0.6) is 11.5 Å². The zero-order valence-corrected chi connectivity index (χ0v) is 17.2. The number of anilines is 1. The molecule has 31 heavy (non-hydrogen) atoms. The zero-order chi connectivity index (χ0) is 22.4. The number of terminal acetylenes is 1. The topological polar surface area (TPSA) is 84.9 Å². The van der Waals surface area contributed by atoms with Gasteiger partial charge in [0.25, 0.3) is 17.1 Å². The van der Waals surface area contributed by atoms with Gasteiger partial charge in [-0.2, -0.15) is 0 Å². The Morgan fingerprint density at radius 2 is 1.97 bits per heavy atom. The fourth-order valence-corrected chi connectivity index (χ4v) is 3.48. The number of methoxy groups -OCH3 is 1. The van der Waals surface area contributed by atoms with Crippen LogP contribution in [0.3, 0.4) is 0 Å². The van der Waals surface area contributed by atoms with Crippen LogP contribution < -0.4 is 14.8 Å². The van der Waals surface area contributed by atoms with E-state index in [2.05, 4.69) is 11.2 Å². The normalized spacial score (nSPS) is 14.5. The zero-order valence-electron chi connectivity index (χ0n) is 16.4. The highest BCUT2D eigenvalue weighted by molar-refractivity contribution is 8.18. The lowest BCUT2D eigenvalue weighted by Crippen LogP contribution is -2.28. The second-order valence-corrected chi connectivity index (χ2v) is 7.22. The van der Waals surface area contributed by atoms with Crippen molar-refractivity contribution in [3.05, 3.63) is 58.8 Å². The molecule has 0 atom stereocenters. The lowest BCUT2D eigenvalue weighted by molar-refractivity contribution is -0.122. The van der Waals surface area contributed by atoms with Gasteiger partial charge in [-0.15, -0.1) is 6.42 Å². The second-order valence-electron chi connectivity index (χ2n) is 6.23. The number of halogens is 1. The maximum atomic E-state index is 12.9. The first kappa shape index (κ1) is 21.9. The summed E-state index contributed by atoms with van der Waals surface area (Å²) >= 11 is 0.805. The number of thioether (sulfide) groups is 1. The number of ether oxygens (including phenoxy) is 2. The maximum Gasteiger partial charge on any atom is 0.294 e. The minimum Gasteiger partial charge on any atom is -0.493 e. The second kappa shape index (κ2) is 9.82. The lowest BCUT2D eigenvalue weighted by atomic mass is 10.2. The molecule has 9 heteroatoms. The average Bonchev–Trinajstić information content (AvgIpc) is 3.02. The molecule has 1 fully saturated rings. The Balaban J connectivity index is 1.67. The molecule has 1 heterocycles. The SMILES string of the molecule is C#CCN1C(=O)SC(=Cc2ccc(OCC(=O)Nc3ccc(F)cc3)c(OC)c2)C1=O. The van der Waals surface area contributed by atoms with E-state index in [0.29, 0.717) is 22.7 Å². The van der Waals surface area contributed by atoms with Gasteiger partial charge in [-0.3, -0.25) is 19.3 Å². The monoisotopic (exact) mass is 440 g/mol. The van der Waals surface area contributed by atoms with Crippen LogP contribution in [0.25, 0.3) is 6.08 Å². The van der Waals surface area contributed by atoms with E-state index in [1.165, 1.54) is 31.4 Å². The van der Waals surface area contributed by atoms with Crippen LogP contribution in [-0.4, -0.2) is 42.2 Å². The highest BCUT2D eigenvalue weighted by Gasteiger charge is 2.34. The molecule has 7 nitrogen and oxygen atoms in total. The molecule has 0 spiro atoms. The van der Waals surface area contributed by atoms with Gasteiger partial charge in [0.2, 0.25) is 0 Å². The lowest BCUT2D eigenvalue weighted by Gasteiger charge is -2.12. The van der Waals surface area contributed by atoms with E-state index in [9.17, 15) is 18.8 Å². The molecule has 0 unspecified atom stereocenters. The molecule has 0 aromatic heterocycles. The predicted molar refractivity (Wildman–Crippen MR) is 115 cm³/mol. The molecule has 1 aliphatic rings. The van der Waals surface area contributed by atoms with Gasteiger partial charge in [0.1, 0.15) is 5.82 Å². The van der Waals surface area contributed by atoms with E-state index in [1.807, 2.05) is 0 Å². The van der Waals surface area contributed by atoms with Crippen LogP contribution in [0.2, 0.25) is 0 Å². The van der Waals surface area contributed by atoms with E-state index in [1.54, 1.807) is 24.3 Å². The number of imide groups is 1. The smallest absolute Gasteiger partial charge is 0.294 e. The van der Waals surface area contributed by atoms with Gasteiger partial charge in [0.15, 0.2) is 18.1 Å². The fourth-order valence-electron chi connectivity index (χ4n) is 2.65. The van der Waals surface area contributed by atoms with E-state index >= 15 is 0 Å². The number of hydrogen-bond acceptors (Lipinski definition) is 6. The van der Waals surface area contributed by atoms with E-state index in [4.69, 9.17) is 15.9 Å². The summed E-state index contributed by atoms with van der Waals surface area (Å²) in [5.74, 6) is 1.64. The number of carbonyl (C=O) groups excluding carboxylic acids is 3. The molecule has 0 bridgehead atoms. The van der Waals surface area contributed by atoms with Crippen molar-refractivity contribution in [2.24, 2.45) is 0 Å². The number of benzene rings is 2. The number of carbonyl (C=O) groups is 3. The van der Waals surface area contributed by atoms with Gasteiger partial charge in [-0.25, -0.2) is 4.39 Å². The standard InChI is InChI=1S/C22H17FN2O5S/c1-3-10-25-21(27)19(31-22(25)28)12-14-4-9-17(18(11-14)29-2)30-13-20(26)24-16-7-5-15(23)6-8-16/h1,4-9,11-12H,10,13H2,2H3,(H,24,26). The van der Waals surface area contributed by atoms with E-state index in [-0.39, 0.29) is 18.1 Å². The molecular weight excluding hydrogens is 423 g/mol. The van der Waals surface area contributed by atoms with Crippen molar-refractivity contribution in [1.29, 1.82) is 0 Å². The van der Waals surface area contributed by atoms with Crippen LogP contribution in [-0.2, 0) is 9.59 Å². The highest BCUT2D eigenvalue weighted by Crippen LogP contribution is 2.34. The van der Waals surface area contributed by atoms with Crippen molar-refractivity contribution >= 4 is 40.6 Å². The number of nitrogens with zero attached hydrogens (tertiary/aromatic N) is 1. The molecule has 3 amide bonds. The van der Waals surface area contributed by atoms with Gasteiger partial charge in [-0.1, -0.05) is 12.0 Å². The van der Waals surface area contributed by atoms with Crippen LogP contribution >= 0.6 is 11.8 Å². The van der Waals surface area contributed by atoms with Gasteiger partial charge < -0.3 is 14.8 Å². The van der Waals surface area contributed by atoms with Crippen molar-refractivity contribution in [3.63, 3.8) is 0 Å². The molecule has 158 valence electrons. The summed E-state index contributed by atoms with van der Waals surface area (Å²) in [6, 6.07) is 10.2. The van der Waals surface area contributed by atoms with Crippen molar-refractivity contribution in [2.45, 2.75) is 0 Å². The molecule has 1 saturated heterocycles. The highest BCUT2D eigenvalue weighted by atomic mass is 32.2. The van der Waals surface area contributed by atoms with Crippen molar-refractivity contribution in [1.82, 2.24) is 4.90 Å². The number of rotatable bonds is 7. The maximum absolute atomic E-state index is 12.9. The van der Waals surface area contributed by atoms with Crippen molar-refractivity contribution in [2.75, 3.05) is 25.6 Å². The first-order chi connectivity index (χ1) is 14.9. The summed E-state index contributed by atoms with van der Waals surface area (Å²) in [4.78, 5) is 37.4. The first-order valence-electron chi connectivity index (χ1n) is 8.96. The third-order valence-electron chi connectivity index (χ3n) is 4.10. The average molecular weight is 440 g/mol. The Kier molecular flexibility index (Phi) is 6.95. The minimum absolute atomic E-state index is 0.0852. The van der Waals surface area contributed by atoms with E-state index < -0.39 is 22.9 Å². The number of hydrogen-bond donors (Lipinski definition) is 1. The summed E-state index contributed by atoms with van der Waals surface area (Å²) in [5, 5.41) is 2.17. The quantitative estimate of drug-likeness (QED) is 0.524. The molecule has 1 N–H and O–H groups in total. The van der Waals surface area contributed by atoms with Crippen LogP contribution in [0.1, 0.15) is 5.56 Å². The van der Waals surface area contributed by atoms with E-state index in [0.717, 1.165) is 16.7 Å². The molecule has 1 aliphatic heterocycles. The third-order valence-corrected chi connectivity index (χ3v) is 5.00. The minimum atomic E-state index is -0.454. The molecule has 0 aliphatic carbocycles. The molecule has 2 aromatic carbocycles. The predicted octanol–water partition coefficient (Wildman–Crippen LogP) is 3.52. The molecule has 2 aromatic rings. The summed E-state index contributed by atoms with van der Waals surface area (Å²) in [6.07, 6.45) is 6.74. The summed E-state index contributed by atoms with van der Waals surface area (Å²) < 4.78 is 23.7.